The molecule has 0 aliphatic rings. The number of amides is 2. The normalized spacial score (nSPS) is 11.0. The van der Waals surface area contributed by atoms with Crippen molar-refractivity contribution in [2.45, 2.75) is 19.4 Å². The SMILES string of the molecule is Cc1cc(-c2ccc(F)cc2F)cc([C@H](CC(=O)[O-])NC(=O)Nc2c([O-])ccn(C)c2=O)c1.[Na+].[Na+]. The molecule has 2 aromatic carbocycles. The van der Waals surface area contributed by atoms with E-state index >= 15 is 0 Å². The number of urea groups is 1. The van der Waals surface area contributed by atoms with Gasteiger partial charge in [0.15, 0.2) is 0 Å². The number of carboxylic acids is 1. The van der Waals surface area contributed by atoms with Crippen molar-refractivity contribution in [3.63, 3.8) is 0 Å². The number of nitrogens with one attached hydrogen (secondary N) is 2. The number of benzene rings is 2. The van der Waals surface area contributed by atoms with E-state index in [9.17, 15) is 33.4 Å². The van der Waals surface area contributed by atoms with Crippen molar-refractivity contribution in [1.29, 1.82) is 0 Å². The molecule has 0 saturated carbocycles. The van der Waals surface area contributed by atoms with Gasteiger partial charge in [-0.25, -0.2) is 13.6 Å². The fourth-order valence-electron chi connectivity index (χ4n) is 3.35. The van der Waals surface area contributed by atoms with Gasteiger partial charge in [0.1, 0.15) is 17.3 Å². The molecule has 1 atom stereocenters. The average Bonchev–Trinajstić information content (AvgIpc) is 2.72. The molecule has 172 valence electrons. The summed E-state index contributed by atoms with van der Waals surface area (Å²) in [5.74, 6) is -3.75. The molecule has 2 N–H and O–H groups in total. The van der Waals surface area contributed by atoms with Gasteiger partial charge in [-0.2, -0.15) is 0 Å². The molecule has 12 heteroatoms. The molecule has 0 bridgehead atoms. The summed E-state index contributed by atoms with van der Waals surface area (Å²) in [4.78, 5) is 35.9. The molecular formula is C23H19F2N3Na2O5. The van der Waals surface area contributed by atoms with Crippen molar-refractivity contribution in [1.82, 2.24) is 9.88 Å². The Kier molecular flexibility index (Phi) is 11.6. The molecule has 1 aromatic heterocycles. The van der Waals surface area contributed by atoms with E-state index in [1.54, 1.807) is 19.1 Å². The van der Waals surface area contributed by atoms with Gasteiger partial charge in [-0.15, -0.1) is 0 Å². The fourth-order valence-corrected chi connectivity index (χ4v) is 3.35. The minimum absolute atomic E-state index is 0. The minimum atomic E-state index is -1.48. The average molecular weight is 501 g/mol. The van der Waals surface area contributed by atoms with Gasteiger partial charge in [-0.1, -0.05) is 29.5 Å². The molecule has 0 saturated heterocycles. The van der Waals surface area contributed by atoms with Gasteiger partial charge in [0, 0.05) is 37.3 Å². The van der Waals surface area contributed by atoms with Crippen LogP contribution in [0.3, 0.4) is 0 Å². The van der Waals surface area contributed by atoms with Crippen LogP contribution in [0.1, 0.15) is 23.6 Å². The Balaban J connectivity index is 0.00000306. The largest absolute Gasteiger partial charge is 1.00 e. The molecule has 0 radical (unpaired) electrons. The molecule has 2 amide bonds. The topological polar surface area (TPSA) is 126 Å². The second-order valence-corrected chi connectivity index (χ2v) is 7.45. The summed E-state index contributed by atoms with van der Waals surface area (Å²) < 4.78 is 28.7. The number of nitrogens with zero attached hydrogens (tertiary/aromatic N) is 1. The number of aromatic nitrogens is 1. The number of rotatable bonds is 6. The molecule has 35 heavy (non-hydrogen) atoms. The summed E-state index contributed by atoms with van der Waals surface area (Å²) in [5.41, 5.74) is 0.113. The molecule has 0 unspecified atom stereocenters. The number of carbonyl (C=O) groups is 2. The van der Waals surface area contributed by atoms with Gasteiger partial charge in [-0.3, -0.25) is 4.79 Å². The molecule has 0 aliphatic carbocycles. The van der Waals surface area contributed by atoms with Gasteiger partial charge < -0.3 is 30.2 Å². The molecule has 1 heterocycles. The zero-order valence-corrected chi connectivity index (χ0v) is 23.6. The van der Waals surface area contributed by atoms with Gasteiger partial charge in [0.25, 0.3) is 5.56 Å². The Bertz CT molecular complexity index is 1300. The summed E-state index contributed by atoms with van der Waals surface area (Å²) >= 11 is 0. The number of halogens is 2. The standard InChI is InChI=1S/C23H21F2N3O5.2Na/c1-12-7-13(16-4-3-15(24)10-17(16)25)9-14(8-12)18(11-20(30)31)26-23(33)27-21-19(29)5-6-28(2)22(21)32;;/h3-10,18,29H,11H2,1-2H3,(H,30,31)(H2,26,27,33);;/q;2*+1/p-2/t18-;;/m0../s1. The third-order valence-corrected chi connectivity index (χ3v) is 4.89. The fraction of sp³-hybridized carbons (Fsp3) is 0.174. The summed E-state index contributed by atoms with van der Waals surface area (Å²) in [6.45, 7) is 1.68. The second-order valence-electron chi connectivity index (χ2n) is 7.45. The minimum Gasteiger partial charge on any atom is -0.871 e. The Labute approximate surface area is 243 Å². The summed E-state index contributed by atoms with van der Waals surface area (Å²) in [5, 5.41) is 27.8. The monoisotopic (exact) mass is 501 g/mol. The van der Waals surface area contributed by atoms with Crippen LogP contribution in [0.25, 0.3) is 11.1 Å². The van der Waals surface area contributed by atoms with Crippen LogP contribution in [-0.4, -0.2) is 16.6 Å². The number of pyridine rings is 1. The number of carbonyl (C=O) groups excluding carboxylic acids is 2. The number of carboxylic acid groups (broad SMARTS) is 1. The van der Waals surface area contributed by atoms with E-state index in [0.29, 0.717) is 16.7 Å². The summed E-state index contributed by atoms with van der Waals surface area (Å²) in [6.07, 6.45) is 0.606. The van der Waals surface area contributed by atoms with Gasteiger partial charge >= 0.3 is 65.1 Å². The van der Waals surface area contributed by atoms with Crippen molar-refractivity contribution in [2.75, 3.05) is 5.32 Å². The Morgan fingerprint density at radius 2 is 1.77 bits per heavy atom. The van der Waals surface area contributed by atoms with E-state index in [4.69, 9.17) is 0 Å². The first-order valence-electron chi connectivity index (χ1n) is 9.76. The van der Waals surface area contributed by atoms with Gasteiger partial charge in [0.05, 0.1) is 6.04 Å². The first-order chi connectivity index (χ1) is 15.5. The predicted molar refractivity (Wildman–Crippen MR) is 112 cm³/mol. The van der Waals surface area contributed by atoms with Crippen molar-refractivity contribution in [2.24, 2.45) is 7.05 Å². The molecule has 0 spiro atoms. The number of anilines is 1. The third kappa shape index (κ3) is 7.89. The van der Waals surface area contributed by atoms with E-state index in [-0.39, 0.29) is 64.7 Å². The Hall–Kier alpha value is -2.21. The molecule has 8 nitrogen and oxygen atoms in total. The van der Waals surface area contributed by atoms with Crippen LogP contribution in [0.15, 0.2) is 53.5 Å². The zero-order chi connectivity index (χ0) is 24.3. The van der Waals surface area contributed by atoms with Crippen LogP contribution in [0, 0.1) is 18.6 Å². The number of hydrogen-bond donors (Lipinski definition) is 2. The molecule has 0 aliphatic heterocycles. The Morgan fingerprint density at radius 3 is 2.40 bits per heavy atom. The van der Waals surface area contributed by atoms with Crippen LogP contribution in [0.2, 0.25) is 0 Å². The summed E-state index contributed by atoms with van der Waals surface area (Å²) in [6, 6.07) is 6.69. The maximum Gasteiger partial charge on any atom is 1.00 e. The van der Waals surface area contributed by atoms with E-state index in [1.165, 1.54) is 25.4 Å². The zero-order valence-electron chi connectivity index (χ0n) is 19.6. The molecular weight excluding hydrogens is 482 g/mol. The van der Waals surface area contributed by atoms with Crippen LogP contribution >= 0.6 is 0 Å². The van der Waals surface area contributed by atoms with E-state index in [0.717, 1.165) is 22.8 Å². The summed E-state index contributed by atoms with van der Waals surface area (Å²) in [7, 11) is 1.40. The van der Waals surface area contributed by atoms with Gasteiger partial charge in [-0.05, 0) is 36.2 Å². The van der Waals surface area contributed by atoms with Crippen molar-refractivity contribution < 1.29 is 87.7 Å². The van der Waals surface area contributed by atoms with Crippen LogP contribution in [-0.2, 0) is 11.8 Å². The van der Waals surface area contributed by atoms with Gasteiger partial charge in [0.2, 0.25) is 0 Å². The van der Waals surface area contributed by atoms with Crippen LogP contribution in [0.4, 0.5) is 19.3 Å². The Morgan fingerprint density at radius 1 is 1.09 bits per heavy atom. The quantitative estimate of drug-likeness (QED) is 0.331. The maximum atomic E-state index is 14.3. The van der Waals surface area contributed by atoms with Crippen LogP contribution < -0.4 is 85.5 Å². The molecule has 0 fully saturated rings. The predicted octanol–water partition coefficient (Wildman–Crippen LogP) is -4.28. The van der Waals surface area contributed by atoms with Crippen molar-refractivity contribution in [3.05, 3.63) is 81.8 Å². The number of hydrogen-bond acceptors (Lipinski definition) is 5. The van der Waals surface area contributed by atoms with E-state index in [1.807, 2.05) is 0 Å². The first-order valence-corrected chi connectivity index (χ1v) is 9.76. The van der Waals surface area contributed by atoms with Crippen LogP contribution in [0.5, 0.6) is 5.75 Å². The number of aliphatic carboxylic acids is 1. The van der Waals surface area contributed by atoms with Crippen molar-refractivity contribution >= 4 is 17.7 Å². The first kappa shape index (κ1) is 30.8. The second kappa shape index (κ2) is 13.2. The molecule has 3 aromatic rings. The third-order valence-electron chi connectivity index (χ3n) is 4.89. The van der Waals surface area contributed by atoms with E-state index < -0.39 is 53.1 Å². The molecule has 3 rings (SSSR count). The smallest absolute Gasteiger partial charge is 0.871 e. The number of aryl methyl sites for hydroxylation is 2. The maximum absolute atomic E-state index is 14.3. The van der Waals surface area contributed by atoms with Crippen molar-refractivity contribution in [3.8, 4) is 16.9 Å². The van der Waals surface area contributed by atoms with E-state index in [2.05, 4.69) is 10.6 Å².